The zero-order chi connectivity index (χ0) is 14.3. The van der Waals surface area contributed by atoms with Crippen molar-refractivity contribution in [2.75, 3.05) is 27.4 Å². The van der Waals surface area contributed by atoms with E-state index in [0.717, 1.165) is 28.1 Å². The first-order chi connectivity index (χ1) is 9.10. The Morgan fingerprint density at radius 1 is 1.26 bits per heavy atom. The number of methoxy groups -OCH3 is 2. The molecular weight excluding hydrogens is 310 g/mol. The van der Waals surface area contributed by atoms with Gasteiger partial charge in [0, 0.05) is 30.2 Å². The van der Waals surface area contributed by atoms with Crippen molar-refractivity contribution in [3.8, 4) is 11.5 Å². The zero-order valence-electron chi connectivity index (χ0n) is 12.0. The summed E-state index contributed by atoms with van der Waals surface area (Å²) in [5.74, 6) is 1.54. The number of ether oxygens (including phenoxy) is 3. The van der Waals surface area contributed by atoms with Gasteiger partial charge in [0.15, 0.2) is 11.5 Å². The molecular formula is C14H22BrNO3. The Morgan fingerprint density at radius 3 is 2.58 bits per heavy atom. The second kappa shape index (κ2) is 8.40. The SMILES string of the molecule is COCCNCc1c(Br)ccc(OC)c1OC(C)C. The van der Waals surface area contributed by atoms with Gasteiger partial charge in [-0.1, -0.05) is 15.9 Å². The molecule has 0 aliphatic carbocycles. The molecule has 0 aliphatic rings. The Labute approximate surface area is 123 Å². The number of halogens is 1. The van der Waals surface area contributed by atoms with Crippen molar-refractivity contribution in [3.63, 3.8) is 0 Å². The van der Waals surface area contributed by atoms with Crippen LogP contribution in [-0.4, -0.2) is 33.5 Å². The van der Waals surface area contributed by atoms with Gasteiger partial charge in [0.05, 0.1) is 19.8 Å². The Kier molecular flexibility index (Phi) is 7.20. The van der Waals surface area contributed by atoms with Crippen molar-refractivity contribution in [2.24, 2.45) is 0 Å². The highest BCUT2D eigenvalue weighted by atomic mass is 79.9. The summed E-state index contributed by atoms with van der Waals surface area (Å²) in [4.78, 5) is 0. The third-order valence-electron chi connectivity index (χ3n) is 2.53. The monoisotopic (exact) mass is 331 g/mol. The van der Waals surface area contributed by atoms with E-state index in [-0.39, 0.29) is 6.10 Å². The molecule has 1 rings (SSSR count). The quantitative estimate of drug-likeness (QED) is 0.743. The fraction of sp³-hybridized carbons (Fsp3) is 0.571. The molecule has 0 aliphatic heterocycles. The van der Waals surface area contributed by atoms with Crippen molar-refractivity contribution >= 4 is 15.9 Å². The van der Waals surface area contributed by atoms with Crippen LogP contribution in [0.15, 0.2) is 16.6 Å². The maximum absolute atomic E-state index is 5.88. The molecule has 0 atom stereocenters. The fourth-order valence-electron chi connectivity index (χ4n) is 1.66. The van der Waals surface area contributed by atoms with Crippen LogP contribution < -0.4 is 14.8 Å². The van der Waals surface area contributed by atoms with Gasteiger partial charge in [-0.25, -0.2) is 0 Å². The predicted octanol–water partition coefficient (Wildman–Crippen LogP) is 2.98. The molecule has 0 amide bonds. The Hall–Kier alpha value is -0.780. The van der Waals surface area contributed by atoms with Gasteiger partial charge in [0.2, 0.25) is 0 Å². The maximum Gasteiger partial charge on any atom is 0.167 e. The van der Waals surface area contributed by atoms with Crippen LogP contribution in [0.3, 0.4) is 0 Å². The van der Waals surface area contributed by atoms with Crippen LogP contribution in [0.4, 0.5) is 0 Å². The lowest BCUT2D eigenvalue weighted by Crippen LogP contribution is -2.20. The van der Waals surface area contributed by atoms with E-state index in [4.69, 9.17) is 14.2 Å². The fourth-order valence-corrected chi connectivity index (χ4v) is 2.11. The highest BCUT2D eigenvalue weighted by Crippen LogP contribution is 2.36. The number of hydrogen-bond donors (Lipinski definition) is 1. The summed E-state index contributed by atoms with van der Waals surface area (Å²) < 4.78 is 17.3. The van der Waals surface area contributed by atoms with Crippen LogP contribution >= 0.6 is 15.9 Å². The molecule has 4 nitrogen and oxygen atoms in total. The molecule has 0 bridgehead atoms. The molecule has 0 spiro atoms. The van der Waals surface area contributed by atoms with Crippen LogP contribution in [0.2, 0.25) is 0 Å². The Morgan fingerprint density at radius 2 is 2.00 bits per heavy atom. The van der Waals surface area contributed by atoms with Crippen LogP contribution in [0.5, 0.6) is 11.5 Å². The molecule has 1 aromatic rings. The van der Waals surface area contributed by atoms with Crippen molar-refractivity contribution in [3.05, 3.63) is 22.2 Å². The third-order valence-corrected chi connectivity index (χ3v) is 3.27. The van der Waals surface area contributed by atoms with Gasteiger partial charge in [0.25, 0.3) is 0 Å². The first-order valence-corrected chi connectivity index (χ1v) is 7.11. The molecule has 0 heterocycles. The van der Waals surface area contributed by atoms with Crippen molar-refractivity contribution in [1.29, 1.82) is 0 Å². The van der Waals surface area contributed by atoms with Crippen LogP contribution in [0.1, 0.15) is 19.4 Å². The Balaban J connectivity index is 2.91. The largest absolute Gasteiger partial charge is 0.493 e. The molecule has 0 fully saturated rings. The van der Waals surface area contributed by atoms with Crippen molar-refractivity contribution < 1.29 is 14.2 Å². The zero-order valence-corrected chi connectivity index (χ0v) is 13.5. The van der Waals surface area contributed by atoms with Gasteiger partial charge in [-0.15, -0.1) is 0 Å². The summed E-state index contributed by atoms with van der Waals surface area (Å²) in [5, 5.41) is 3.32. The first kappa shape index (κ1) is 16.3. The van der Waals surface area contributed by atoms with Crippen LogP contribution in [0.25, 0.3) is 0 Å². The number of rotatable bonds is 8. The van der Waals surface area contributed by atoms with Gasteiger partial charge < -0.3 is 19.5 Å². The van der Waals surface area contributed by atoms with E-state index in [2.05, 4.69) is 21.2 Å². The summed E-state index contributed by atoms with van der Waals surface area (Å²) in [6.07, 6.45) is 0.0981. The lowest BCUT2D eigenvalue weighted by atomic mass is 10.1. The van der Waals surface area contributed by atoms with Gasteiger partial charge in [-0.3, -0.25) is 0 Å². The lowest BCUT2D eigenvalue weighted by molar-refractivity contribution is 0.198. The molecule has 19 heavy (non-hydrogen) atoms. The average Bonchev–Trinajstić information content (AvgIpc) is 2.37. The number of nitrogens with one attached hydrogen (secondary N) is 1. The first-order valence-electron chi connectivity index (χ1n) is 6.31. The molecule has 1 aromatic carbocycles. The normalized spacial score (nSPS) is 10.8. The molecule has 5 heteroatoms. The van der Waals surface area contributed by atoms with E-state index in [1.54, 1.807) is 14.2 Å². The predicted molar refractivity (Wildman–Crippen MR) is 80.0 cm³/mol. The lowest BCUT2D eigenvalue weighted by Gasteiger charge is -2.19. The summed E-state index contributed by atoms with van der Waals surface area (Å²) in [7, 11) is 3.34. The molecule has 0 saturated carbocycles. The van der Waals surface area contributed by atoms with Gasteiger partial charge in [-0.05, 0) is 26.0 Å². The van der Waals surface area contributed by atoms with Gasteiger partial charge >= 0.3 is 0 Å². The second-order valence-corrected chi connectivity index (χ2v) is 5.25. The minimum atomic E-state index is 0.0981. The van der Waals surface area contributed by atoms with E-state index in [9.17, 15) is 0 Å². The molecule has 108 valence electrons. The number of benzene rings is 1. The second-order valence-electron chi connectivity index (χ2n) is 4.39. The van der Waals surface area contributed by atoms with Crippen LogP contribution in [0, 0.1) is 0 Å². The molecule has 0 radical (unpaired) electrons. The summed E-state index contributed by atoms with van der Waals surface area (Å²) in [6.45, 7) is 6.18. The third kappa shape index (κ3) is 5.01. The van der Waals surface area contributed by atoms with E-state index in [0.29, 0.717) is 13.2 Å². The molecule has 0 aromatic heterocycles. The van der Waals surface area contributed by atoms with Gasteiger partial charge in [0.1, 0.15) is 0 Å². The van der Waals surface area contributed by atoms with E-state index < -0.39 is 0 Å². The van der Waals surface area contributed by atoms with Crippen molar-refractivity contribution in [1.82, 2.24) is 5.32 Å². The average molecular weight is 332 g/mol. The topological polar surface area (TPSA) is 39.7 Å². The van der Waals surface area contributed by atoms with E-state index in [1.165, 1.54) is 0 Å². The summed E-state index contributed by atoms with van der Waals surface area (Å²) in [5.41, 5.74) is 1.06. The molecule has 0 unspecified atom stereocenters. The minimum Gasteiger partial charge on any atom is -0.493 e. The highest BCUT2D eigenvalue weighted by molar-refractivity contribution is 9.10. The van der Waals surface area contributed by atoms with Crippen molar-refractivity contribution in [2.45, 2.75) is 26.5 Å². The minimum absolute atomic E-state index is 0.0981. The molecule has 0 saturated heterocycles. The van der Waals surface area contributed by atoms with E-state index >= 15 is 0 Å². The maximum atomic E-state index is 5.88. The van der Waals surface area contributed by atoms with E-state index in [1.807, 2.05) is 26.0 Å². The Bertz CT molecular complexity index is 397. The summed E-state index contributed by atoms with van der Waals surface area (Å²) >= 11 is 3.56. The van der Waals surface area contributed by atoms with Crippen LogP contribution in [-0.2, 0) is 11.3 Å². The highest BCUT2D eigenvalue weighted by Gasteiger charge is 2.15. The molecule has 1 N–H and O–H groups in total. The summed E-state index contributed by atoms with van der Waals surface area (Å²) in [6, 6.07) is 3.87. The van der Waals surface area contributed by atoms with Gasteiger partial charge in [-0.2, -0.15) is 0 Å². The standard InChI is InChI=1S/C14H22BrNO3/c1-10(2)19-14-11(9-16-7-8-17-3)12(15)5-6-13(14)18-4/h5-6,10,16H,7-9H2,1-4H3. The number of hydrogen-bond acceptors (Lipinski definition) is 4. The smallest absolute Gasteiger partial charge is 0.167 e.